The Kier molecular flexibility index (Phi) is 4.75. The fraction of sp³-hybridized carbons (Fsp3) is 0.200. The number of imide groups is 1. The molecule has 160 valence electrons. The van der Waals surface area contributed by atoms with Gasteiger partial charge in [-0.05, 0) is 48.9 Å². The number of hydrogen-bond acceptors (Lipinski definition) is 5. The molecule has 3 aromatic rings. The molecular formula is C20H14F4N4O3. The lowest BCUT2D eigenvalue weighted by atomic mass is 9.90. The molecule has 3 amide bonds. The number of benzene rings is 2. The van der Waals surface area contributed by atoms with Crippen molar-refractivity contribution in [1.29, 1.82) is 0 Å². The van der Waals surface area contributed by atoms with Crippen LogP contribution in [0.2, 0.25) is 0 Å². The molecule has 0 aliphatic carbocycles. The lowest BCUT2D eigenvalue weighted by Gasteiger charge is -2.23. The second-order valence-corrected chi connectivity index (χ2v) is 7.04. The first kappa shape index (κ1) is 20.5. The van der Waals surface area contributed by atoms with E-state index >= 15 is 0 Å². The molecule has 2 aromatic carbocycles. The van der Waals surface area contributed by atoms with E-state index in [1.807, 2.05) is 0 Å². The van der Waals surface area contributed by atoms with Crippen LogP contribution in [0.15, 0.2) is 53.1 Å². The highest BCUT2D eigenvalue weighted by atomic mass is 19.4. The van der Waals surface area contributed by atoms with Crippen molar-refractivity contribution in [3.63, 3.8) is 0 Å². The molecule has 0 saturated carbocycles. The van der Waals surface area contributed by atoms with Gasteiger partial charge in [0.2, 0.25) is 11.7 Å². The third-order valence-corrected chi connectivity index (χ3v) is 4.91. The Morgan fingerprint density at radius 1 is 1.13 bits per heavy atom. The summed E-state index contributed by atoms with van der Waals surface area (Å²) in [4.78, 5) is 30.2. The molecule has 1 unspecified atom stereocenters. The molecule has 7 nitrogen and oxygen atoms in total. The van der Waals surface area contributed by atoms with E-state index in [4.69, 9.17) is 4.52 Å². The summed E-state index contributed by atoms with van der Waals surface area (Å²) in [6, 6.07) is 8.67. The van der Waals surface area contributed by atoms with Gasteiger partial charge < -0.3 is 9.84 Å². The van der Waals surface area contributed by atoms with Gasteiger partial charge in [-0.3, -0.25) is 9.69 Å². The van der Waals surface area contributed by atoms with Gasteiger partial charge in [0.25, 0.3) is 5.91 Å². The first-order chi connectivity index (χ1) is 14.6. The number of carbonyl (C=O) groups is 2. The van der Waals surface area contributed by atoms with Crippen molar-refractivity contribution in [2.45, 2.75) is 25.2 Å². The minimum Gasteiger partial charge on any atom is -0.337 e. The van der Waals surface area contributed by atoms with Crippen LogP contribution >= 0.6 is 0 Å². The first-order valence-corrected chi connectivity index (χ1v) is 8.98. The van der Waals surface area contributed by atoms with Crippen molar-refractivity contribution in [3.8, 4) is 11.4 Å². The Morgan fingerprint density at radius 2 is 1.84 bits per heavy atom. The van der Waals surface area contributed by atoms with Gasteiger partial charge in [-0.25, -0.2) is 9.18 Å². The molecule has 1 aliphatic rings. The molecule has 1 fully saturated rings. The fourth-order valence-corrected chi connectivity index (χ4v) is 3.21. The van der Waals surface area contributed by atoms with Crippen molar-refractivity contribution >= 4 is 11.9 Å². The molecule has 1 aliphatic heterocycles. The third-order valence-electron chi connectivity index (χ3n) is 4.91. The molecule has 11 heteroatoms. The molecule has 1 N–H and O–H groups in total. The van der Waals surface area contributed by atoms with Crippen LogP contribution in [0.25, 0.3) is 11.4 Å². The molecule has 31 heavy (non-hydrogen) atoms. The average Bonchev–Trinajstić information content (AvgIpc) is 3.27. The summed E-state index contributed by atoms with van der Waals surface area (Å²) in [5.74, 6) is -1.15. The Morgan fingerprint density at radius 3 is 2.52 bits per heavy atom. The van der Waals surface area contributed by atoms with Gasteiger partial charge in [0.05, 0.1) is 5.56 Å². The number of alkyl halides is 3. The van der Waals surface area contributed by atoms with Crippen LogP contribution in [0.4, 0.5) is 22.4 Å². The predicted octanol–water partition coefficient (Wildman–Crippen LogP) is 3.86. The van der Waals surface area contributed by atoms with Crippen LogP contribution in [-0.4, -0.2) is 27.0 Å². The summed E-state index contributed by atoms with van der Waals surface area (Å²) in [6.45, 7) is 0.938. The van der Waals surface area contributed by atoms with Gasteiger partial charge in [-0.15, -0.1) is 0 Å². The van der Waals surface area contributed by atoms with E-state index in [2.05, 4.69) is 15.5 Å². The molecular weight excluding hydrogens is 420 g/mol. The van der Waals surface area contributed by atoms with E-state index < -0.39 is 35.0 Å². The maximum absolute atomic E-state index is 13.1. The standard InChI is InChI=1S/C20H14F4N4O3/c1-19(12-3-2-4-13(9-12)20(22,23)24)17(29)28(18(30)26-19)10-15-25-16(27-31-15)11-5-7-14(21)8-6-11/h2-9H,10H2,1H3,(H,26,30). The van der Waals surface area contributed by atoms with Crippen LogP contribution in [0, 0.1) is 5.82 Å². The monoisotopic (exact) mass is 434 g/mol. The number of rotatable bonds is 4. The summed E-state index contributed by atoms with van der Waals surface area (Å²) in [7, 11) is 0. The van der Waals surface area contributed by atoms with Crippen LogP contribution in [0.5, 0.6) is 0 Å². The van der Waals surface area contributed by atoms with Gasteiger partial charge in [-0.1, -0.05) is 17.3 Å². The first-order valence-electron chi connectivity index (χ1n) is 8.98. The molecule has 0 radical (unpaired) electrons. The van der Waals surface area contributed by atoms with E-state index in [1.165, 1.54) is 43.3 Å². The number of hydrogen-bond donors (Lipinski definition) is 1. The van der Waals surface area contributed by atoms with Crippen molar-refractivity contribution in [1.82, 2.24) is 20.4 Å². The van der Waals surface area contributed by atoms with Crippen LogP contribution in [0.1, 0.15) is 23.9 Å². The largest absolute Gasteiger partial charge is 0.416 e. The van der Waals surface area contributed by atoms with Crippen molar-refractivity contribution in [2.75, 3.05) is 0 Å². The van der Waals surface area contributed by atoms with E-state index in [0.717, 1.165) is 17.0 Å². The molecule has 2 heterocycles. The number of aromatic nitrogens is 2. The van der Waals surface area contributed by atoms with Gasteiger partial charge in [0, 0.05) is 5.56 Å². The SMILES string of the molecule is CC1(c2cccc(C(F)(F)F)c2)NC(=O)N(Cc2nc(-c3ccc(F)cc3)no2)C1=O. The normalized spacial score (nSPS) is 19.1. The van der Waals surface area contributed by atoms with Gasteiger partial charge >= 0.3 is 12.2 Å². The maximum Gasteiger partial charge on any atom is 0.416 e. The van der Waals surface area contributed by atoms with Gasteiger partial charge in [0.15, 0.2) is 0 Å². The second-order valence-electron chi connectivity index (χ2n) is 7.04. The van der Waals surface area contributed by atoms with E-state index in [9.17, 15) is 27.2 Å². The van der Waals surface area contributed by atoms with E-state index in [-0.39, 0.29) is 23.8 Å². The zero-order chi connectivity index (χ0) is 22.4. The number of nitrogens with one attached hydrogen (secondary N) is 1. The Labute approximate surface area is 172 Å². The van der Waals surface area contributed by atoms with Crippen molar-refractivity contribution < 1.29 is 31.7 Å². The van der Waals surface area contributed by atoms with Crippen LogP contribution < -0.4 is 5.32 Å². The quantitative estimate of drug-likeness (QED) is 0.498. The Hall–Kier alpha value is -3.76. The summed E-state index contributed by atoms with van der Waals surface area (Å²) in [5.41, 5.74) is -2.19. The number of urea groups is 1. The molecule has 1 aromatic heterocycles. The summed E-state index contributed by atoms with van der Waals surface area (Å²) >= 11 is 0. The molecule has 1 saturated heterocycles. The van der Waals surface area contributed by atoms with Crippen LogP contribution in [-0.2, 0) is 23.1 Å². The van der Waals surface area contributed by atoms with Crippen molar-refractivity contribution in [2.24, 2.45) is 0 Å². The average molecular weight is 434 g/mol. The molecule has 4 rings (SSSR count). The minimum atomic E-state index is -4.60. The van der Waals surface area contributed by atoms with E-state index in [1.54, 1.807) is 0 Å². The minimum absolute atomic E-state index is 0.0132. The fourth-order valence-electron chi connectivity index (χ4n) is 3.21. The molecule has 0 spiro atoms. The van der Waals surface area contributed by atoms with Crippen LogP contribution in [0.3, 0.4) is 0 Å². The lowest BCUT2D eigenvalue weighted by molar-refractivity contribution is -0.138. The van der Waals surface area contributed by atoms with Gasteiger partial charge in [-0.2, -0.15) is 18.2 Å². The number of halogens is 4. The predicted molar refractivity (Wildman–Crippen MR) is 97.6 cm³/mol. The van der Waals surface area contributed by atoms with Crippen molar-refractivity contribution in [3.05, 3.63) is 71.4 Å². The van der Waals surface area contributed by atoms with Gasteiger partial charge in [0.1, 0.15) is 17.9 Å². The topological polar surface area (TPSA) is 88.3 Å². The zero-order valence-corrected chi connectivity index (χ0v) is 15.9. The molecule has 0 bridgehead atoms. The lowest BCUT2D eigenvalue weighted by Crippen LogP contribution is -2.41. The maximum atomic E-state index is 13.1. The Balaban J connectivity index is 1.57. The van der Waals surface area contributed by atoms with E-state index in [0.29, 0.717) is 5.56 Å². The third kappa shape index (κ3) is 3.74. The summed E-state index contributed by atoms with van der Waals surface area (Å²) < 4.78 is 57.3. The number of nitrogens with zero attached hydrogens (tertiary/aromatic N) is 3. The molecule has 1 atom stereocenters. The highest BCUT2D eigenvalue weighted by Gasteiger charge is 2.50. The Bertz CT molecular complexity index is 1160. The smallest absolute Gasteiger partial charge is 0.337 e. The number of carbonyl (C=O) groups excluding carboxylic acids is 2. The summed E-state index contributed by atoms with van der Waals surface area (Å²) in [5, 5.41) is 6.17. The highest BCUT2D eigenvalue weighted by molar-refractivity contribution is 6.07. The summed E-state index contributed by atoms with van der Waals surface area (Å²) in [6.07, 6.45) is -4.60. The second kappa shape index (κ2) is 7.18. The number of amides is 3. The zero-order valence-electron chi connectivity index (χ0n) is 15.9. The highest BCUT2D eigenvalue weighted by Crippen LogP contribution is 2.35.